The summed E-state index contributed by atoms with van der Waals surface area (Å²) in [6, 6.07) is 7.74. The number of carboxylic acids is 1. The number of aliphatic carboxylic acids is 1. The Kier molecular flexibility index (Phi) is 4.88. The Bertz CT molecular complexity index is 689. The molecule has 1 aliphatic rings. The Balaban J connectivity index is 1.49. The highest BCUT2D eigenvalue weighted by Crippen LogP contribution is 2.29. The van der Waals surface area contributed by atoms with Gasteiger partial charge in [-0.3, -0.25) is 9.59 Å². The number of carbonyl (C=O) groups excluding carboxylic acids is 1. The topological polar surface area (TPSA) is 97.1 Å². The lowest BCUT2D eigenvalue weighted by atomic mass is 9.81. The highest BCUT2D eigenvalue weighted by atomic mass is 16.4. The van der Waals surface area contributed by atoms with E-state index in [1.54, 1.807) is 11.0 Å². The molecule has 1 aliphatic carbocycles. The minimum absolute atomic E-state index is 0.0131. The van der Waals surface area contributed by atoms with Crippen molar-refractivity contribution >= 4 is 11.9 Å². The summed E-state index contributed by atoms with van der Waals surface area (Å²) < 4.78 is 1.67. The molecule has 7 nitrogen and oxygen atoms in total. The van der Waals surface area contributed by atoms with Gasteiger partial charge in [0.2, 0.25) is 5.91 Å². The van der Waals surface area contributed by atoms with Crippen molar-refractivity contribution in [3.63, 3.8) is 0 Å². The van der Waals surface area contributed by atoms with Gasteiger partial charge in [-0.25, -0.2) is 9.67 Å². The molecule has 0 bridgehead atoms. The molecule has 1 fully saturated rings. The molecule has 0 aliphatic heterocycles. The van der Waals surface area contributed by atoms with Gasteiger partial charge in [0.25, 0.3) is 0 Å². The number of rotatable bonds is 5. The summed E-state index contributed by atoms with van der Waals surface area (Å²) in [5.41, 5.74) is 1.92. The van der Waals surface area contributed by atoms with Crippen LogP contribution in [0.2, 0.25) is 0 Å². The Morgan fingerprint density at radius 2 is 1.79 bits per heavy atom. The van der Waals surface area contributed by atoms with E-state index in [4.69, 9.17) is 5.11 Å². The third-order valence-electron chi connectivity index (χ3n) is 4.53. The lowest BCUT2D eigenvalue weighted by molar-refractivity contribution is -0.144. The molecule has 1 heterocycles. The van der Waals surface area contributed by atoms with Gasteiger partial charge in [-0.2, -0.15) is 5.10 Å². The fraction of sp³-hybridized carbons (Fsp3) is 0.412. The Labute approximate surface area is 139 Å². The molecule has 1 amide bonds. The molecule has 0 unspecified atom stereocenters. The maximum Gasteiger partial charge on any atom is 0.306 e. The van der Waals surface area contributed by atoms with Crippen molar-refractivity contribution in [1.29, 1.82) is 0 Å². The molecule has 1 aromatic heterocycles. The minimum atomic E-state index is -0.749. The van der Waals surface area contributed by atoms with Gasteiger partial charge in [-0.1, -0.05) is 12.1 Å². The van der Waals surface area contributed by atoms with Crippen LogP contribution in [-0.4, -0.2) is 31.7 Å². The maximum atomic E-state index is 12.2. The zero-order valence-electron chi connectivity index (χ0n) is 13.3. The first-order valence-corrected chi connectivity index (χ1v) is 8.08. The molecule has 7 heteroatoms. The number of hydrogen-bond acceptors (Lipinski definition) is 4. The van der Waals surface area contributed by atoms with E-state index in [0.717, 1.165) is 11.3 Å². The summed E-state index contributed by atoms with van der Waals surface area (Å²) in [5.74, 6) is -1.10. The summed E-state index contributed by atoms with van der Waals surface area (Å²) in [6.07, 6.45) is 5.57. The van der Waals surface area contributed by atoms with Gasteiger partial charge in [-0.05, 0) is 43.4 Å². The highest BCUT2D eigenvalue weighted by molar-refractivity contribution is 5.79. The number of aromatic nitrogens is 3. The first kappa shape index (κ1) is 16.2. The highest BCUT2D eigenvalue weighted by Gasteiger charge is 2.29. The molecule has 0 spiro atoms. The molecule has 1 saturated carbocycles. The molecular weight excluding hydrogens is 308 g/mol. The van der Waals surface area contributed by atoms with Crippen molar-refractivity contribution in [1.82, 2.24) is 20.1 Å². The van der Waals surface area contributed by atoms with E-state index in [9.17, 15) is 9.59 Å². The molecule has 0 saturated heterocycles. The Morgan fingerprint density at radius 3 is 2.38 bits per heavy atom. The number of carboxylic acid groups (broad SMARTS) is 1. The van der Waals surface area contributed by atoms with Crippen LogP contribution in [0.5, 0.6) is 0 Å². The van der Waals surface area contributed by atoms with Gasteiger partial charge in [0.1, 0.15) is 12.7 Å². The molecule has 1 aromatic carbocycles. The lowest BCUT2D eigenvalue weighted by Crippen LogP contribution is -2.34. The van der Waals surface area contributed by atoms with Crippen molar-refractivity contribution in [2.45, 2.75) is 32.2 Å². The number of nitrogens with zero attached hydrogens (tertiary/aromatic N) is 3. The summed E-state index contributed by atoms with van der Waals surface area (Å²) in [7, 11) is 0. The number of benzene rings is 1. The SMILES string of the molecule is O=C(O)C1CCC(C(=O)NCc2ccc(-n3cncn3)cc2)CC1. The number of amides is 1. The van der Waals surface area contributed by atoms with Gasteiger partial charge in [0, 0.05) is 12.5 Å². The molecular formula is C17H20N4O3. The van der Waals surface area contributed by atoms with Crippen LogP contribution >= 0.6 is 0 Å². The van der Waals surface area contributed by atoms with E-state index in [1.165, 1.54) is 6.33 Å². The van der Waals surface area contributed by atoms with Crippen LogP contribution in [0.15, 0.2) is 36.9 Å². The summed E-state index contributed by atoms with van der Waals surface area (Å²) in [5, 5.41) is 16.0. The molecule has 0 atom stereocenters. The third kappa shape index (κ3) is 3.79. The average Bonchev–Trinajstić information content (AvgIpc) is 3.15. The van der Waals surface area contributed by atoms with Crippen molar-refractivity contribution in [2.75, 3.05) is 0 Å². The Morgan fingerprint density at radius 1 is 1.12 bits per heavy atom. The van der Waals surface area contributed by atoms with Gasteiger partial charge in [0.15, 0.2) is 0 Å². The zero-order chi connectivity index (χ0) is 16.9. The minimum Gasteiger partial charge on any atom is -0.481 e. The van der Waals surface area contributed by atoms with Crippen LogP contribution in [0.25, 0.3) is 5.69 Å². The van der Waals surface area contributed by atoms with Gasteiger partial charge in [-0.15, -0.1) is 0 Å². The lowest BCUT2D eigenvalue weighted by Gasteiger charge is -2.25. The van der Waals surface area contributed by atoms with Crippen LogP contribution in [0.1, 0.15) is 31.2 Å². The predicted molar refractivity (Wildman–Crippen MR) is 86.3 cm³/mol. The van der Waals surface area contributed by atoms with Gasteiger partial charge >= 0.3 is 5.97 Å². The van der Waals surface area contributed by atoms with E-state index in [2.05, 4.69) is 15.4 Å². The van der Waals surface area contributed by atoms with E-state index in [0.29, 0.717) is 32.2 Å². The summed E-state index contributed by atoms with van der Waals surface area (Å²) in [4.78, 5) is 27.1. The van der Waals surface area contributed by atoms with E-state index >= 15 is 0 Å². The third-order valence-corrected chi connectivity index (χ3v) is 4.53. The molecule has 3 rings (SSSR count). The second-order valence-electron chi connectivity index (χ2n) is 6.11. The van der Waals surface area contributed by atoms with Crippen LogP contribution in [0.3, 0.4) is 0 Å². The molecule has 126 valence electrons. The average molecular weight is 328 g/mol. The number of carbonyl (C=O) groups is 2. The fourth-order valence-corrected chi connectivity index (χ4v) is 3.04. The van der Waals surface area contributed by atoms with E-state index in [1.807, 2.05) is 24.3 Å². The molecule has 0 radical (unpaired) electrons. The van der Waals surface area contributed by atoms with Gasteiger partial charge in [0.05, 0.1) is 11.6 Å². The predicted octanol–water partition coefficient (Wildman–Crippen LogP) is 1.77. The van der Waals surface area contributed by atoms with Crippen LogP contribution < -0.4 is 5.32 Å². The van der Waals surface area contributed by atoms with E-state index in [-0.39, 0.29) is 17.7 Å². The number of hydrogen-bond donors (Lipinski definition) is 2. The van der Waals surface area contributed by atoms with Gasteiger partial charge < -0.3 is 10.4 Å². The Hall–Kier alpha value is -2.70. The zero-order valence-corrected chi connectivity index (χ0v) is 13.3. The van der Waals surface area contributed by atoms with Crippen molar-refractivity contribution in [2.24, 2.45) is 11.8 Å². The second kappa shape index (κ2) is 7.25. The van der Waals surface area contributed by atoms with E-state index < -0.39 is 5.97 Å². The van der Waals surface area contributed by atoms with Crippen molar-refractivity contribution < 1.29 is 14.7 Å². The fourth-order valence-electron chi connectivity index (χ4n) is 3.04. The number of nitrogens with one attached hydrogen (secondary N) is 1. The maximum absolute atomic E-state index is 12.2. The smallest absolute Gasteiger partial charge is 0.306 e. The molecule has 2 aromatic rings. The monoisotopic (exact) mass is 328 g/mol. The van der Waals surface area contributed by atoms with Crippen LogP contribution in [0, 0.1) is 11.8 Å². The summed E-state index contributed by atoms with van der Waals surface area (Å²) in [6.45, 7) is 0.468. The summed E-state index contributed by atoms with van der Waals surface area (Å²) >= 11 is 0. The standard InChI is InChI=1S/C17H20N4O3/c22-16(13-3-5-14(6-4-13)17(23)24)19-9-12-1-7-15(8-2-12)21-11-18-10-20-21/h1-2,7-8,10-11,13-14H,3-6,9H2,(H,19,22)(H,23,24). The van der Waals surface area contributed by atoms with Crippen molar-refractivity contribution in [3.8, 4) is 5.69 Å². The molecule has 2 N–H and O–H groups in total. The second-order valence-corrected chi connectivity index (χ2v) is 6.11. The quantitative estimate of drug-likeness (QED) is 0.872. The molecule has 24 heavy (non-hydrogen) atoms. The van der Waals surface area contributed by atoms with Crippen LogP contribution in [-0.2, 0) is 16.1 Å². The largest absolute Gasteiger partial charge is 0.481 e. The first-order valence-electron chi connectivity index (χ1n) is 8.08. The first-order chi connectivity index (χ1) is 11.6. The van der Waals surface area contributed by atoms with Crippen molar-refractivity contribution in [3.05, 3.63) is 42.5 Å². The normalized spacial score (nSPS) is 20.5. The van der Waals surface area contributed by atoms with Crippen LogP contribution in [0.4, 0.5) is 0 Å².